The highest BCUT2D eigenvalue weighted by molar-refractivity contribution is 7.80. The molecular formula is C14H19FN2OS. The fourth-order valence-corrected chi connectivity index (χ4v) is 1.86. The maximum atomic E-state index is 13.8. The van der Waals surface area contributed by atoms with Crippen LogP contribution < -0.4 is 5.73 Å². The van der Waals surface area contributed by atoms with Crippen LogP contribution in [0.2, 0.25) is 0 Å². The van der Waals surface area contributed by atoms with Crippen molar-refractivity contribution in [2.24, 2.45) is 5.73 Å². The Labute approximate surface area is 118 Å². The molecule has 0 bridgehead atoms. The van der Waals surface area contributed by atoms with Crippen LogP contribution in [0, 0.1) is 12.7 Å². The molecule has 2 N–H and O–H groups in total. The van der Waals surface area contributed by atoms with E-state index in [4.69, 9.17) is 18.0 Å². The van der Waals surface area contributed by atoms with Crippen molar-refractivity contribution in [2.75, 3.05) is 6.54 Å². The van der Waals surface area contributed by atoms with Crippen LogP contribution in [0.5, 0.6) is 0 Å². The summed E-state index contributed by atoms with van der Waals surface area (Å²) < 4.78 is 13.8. The molecular weight excluding hydrogens is 263 g/mol. The summed E-state index contributed by atoms with van der Waals surface area (Å²) in [7, 11) is 0. The van der Waals surface area contributed by atoms with E-state index in [-0.39, 0.29) is 17.5 Å². The zero-order chi connectivity index (χ0) is 14.6. The Hall–Kier alpha value is -1.49. The van der Waals surface area contributed by atoms with Crippen LogP contribution in [-0.2, 0) is 0 Å². The van der Waals surface area contributed by atoms with Crippen molar-refractivity contribution >= 4 is 23.1 Å². The van der Waals surface area contributed by atoms with Crippen LogP contribution in [0.1, 0.15) is 36.2 Å². The average Bonchev–Trinajstić information content (AvgIpc) is 2.27. The lowest BCUT2D eigenvalue weighted by atomic mass is 10.1. The summed E-state index contributed by atoms with van der Waals surface area (Å²) in [4.78, 5) is 14.3. The van der Waals surface area contributed by atoms with E-state index < -0.39 is 5.82 Å². The van der Waals surface area contributed by atoms with E-state index in [0.29, 0.717) is 18.0 Å². The van der Waals surface area contributed by atoms with Crippen molar-refractivity contribution in [3.63, 3.8) is 0 Å². The Morgan fingerprint density at radius 3 is 2.58 bits per heavy atom. The number of benzene rings is 1. The first kappa shape index (κ1) is 15.6. The van der Waals surface area contributed by atoms with Crippen molar-refractivity contribution in [1.29, 1.82) is 0 Å². The topological polar surface area (TPSA) is 46.3 Å². The number of hydrogen-bond donors (Lipinski definition) is 1. The third-order valence-electron chi connectivity index (χ3n) is 2.84. The fraction of sp³-hybridized carbons (Fsp3) is 0.429. The molecule has 0 unspecified atom stereocenters. The van der Waals surface area contributed by atoms with E-state index in [1.165, 1.54) is 12.1 Å². The number of thiocarbonyl (C=S) groups is 1. The molecule has 3 nitrogen and oxygen atoms in total. The molecule has 104 valence electrons. The van der Waals surface area contributed by atoms with Crippen LogP contribution >= 0.6 is 12.2 Å². The predicted molar refractivity (Wildman–Crippen MR) is 78.7 cm³/mol. The van der Waals surface area contributed by atoms with Crippen LogP contribution in [0.4, 0.5) is 4.39 Å². The fourth-order valence-electron chi connectivity index (χ4n) is 1.77. The van der Waals surface area contributed by atoms with Crippen LogP contribution in [0.3, 0.4) is 0 Å². The second kappa shape index (κ2) is 6.61. The van der Waals surface area contributed by atoms with Gasteiger partial charge in [0.25, 0.3) is 5.91 Å². The lowest BCUT2D eigenvalue weighted by Gasteiger charge is -2.27. The molecule has 0 heterocycles. The average molecular weight is 282 g/mol. The van der Waals surface area contributed by atoms with Crippen molar-refractivity contribution in [2.45, 2.75) is 33.2 Å². The normalized spacial score (nSPS) is 10.6. The highest BCUT2D eigenvalue weighted by Gasteiger charge is 2.21. The van der Waals surface area contributed by atoms with Gasteiger partial charge in [-0.1, -0.05) is 18.3 Å². The van der Waals surface area contributed by atoms with Gasteiger partial charge in [0.1, 0.15) is 5.82 Å². The molecule has 0 spiro atoms. The predicted octanol–water partition coefficient (Wildman–Crippen LogP) is 2.66. The summed E-state index contributed by atoms with van der Waals surface area (Å²) in [6, 6.07) is 4.56. The molecule has 0 atom stereocenters. The van der Waals surface area contributed by atoms with E-state index in [9.17, 15) is 9.18 Å². The van der Waals surface area contributed by atoms with Gasteiger partial charge in [-0.2, -0.15) is 0 Å². The minimum Gasteiger partial charge on any atom is -0.393 e. The number of nitrogens with two attached hydrogens (primary N) is 1. The Balaban J connectivity index is 2.95. The number of nitrogens with zero attached hydrogens (tertiary/aromatic N) is 1. The molecule has 0 aliphatic carbocycles. The van der Waals surface area contributed by atoms with E-state index >= 15 is 0 Å². The highest BCUT2D eigenvalue weighted by atomic mass is 32.1. The monoisotopic (exact) mass is 282 g/mol. The zero-order valence-electron chi connectivity index (χ0n) is 11.4. The maximum absolute atomic E-state index is 13.8. The third kappa shape index (κ3) is 4.28. The lowest BCUT2D eigenvalue weighted by Crippen LogP contribution is -2.39. The number of rotatable bonds is 5. The van der Waals surface area contributed by atoms with E-state index in [1.807, 2.05) is 13.8 Å². The van der Waals surface area contributed by atoms with Gasteiger partial charge in [0.2, 0.25) is 0 Å². The van der Waals surface area contributed by atoms with Gasteiger partial charge in [-0.15, -0.1) is 0 Å². The molecule has 0 saturated heterocycles. The van der Waals surface area contributed by atoms with Gasteiger partial charge in [0.05, 0.1) is 10.6 Å². The minimum atomic E-state index is -0.494. The van der Waals surface area contributed by atoms with Gasteiger partial charge in [0.15, 0.2) is 0 Å². The molecule has 1 aromatic carbocycles. The maximum Gasteiger partial charge on any atom is 0.257 e. The quantitative estimate of drug-likeness (QED) is 0.845. The van der Waals surface area contributed by atoms with E-state index in [2.05, 4.69) is 0 Å². The Kier molecular flexibility index (Phi) is 5.42. The van der Waals surface area contributed by atoms with Gasteiger partial charge in [0, 0.05) is 19.0 Å². The first-order chi connectivity index (χ1) is 8.82. The van der Waals surface area contributed by atoms with Crippen molar-refractivity contribution < 1.29 is 9.18 Å². The first-order valence-electron chi connectivity index (χ1n) is 6.18. The number of amides is 1. The number of carbonyl (C=O) groups is 1. The van der Waals surface area contributed by atoms with Gasteiger partial charge < -0.3 is 10.6 Å². The standard InChI is InChI=1S/C14H19FN2OS/c1-9(2)17(7-6-13(16)19)14(18)11-5-4-10(3)8-12(11)15/h4-5,8-9H,6-7H2,1-3H3,(H2,16,19). The Morgan fingerprint density at radius 2 is 2.11 bits per heavy atom. The van der Waals surface area contributed by atoms with Gasteiger partial charge in [-0.05, 0) is 38.5 Å². The lowest BCUT2D eigenvalue weighted by molar-refractivity contribution is 0.0707. The smallest absolute Gasteiger partial charge is 0.257 e. The number of aryl methyl sites for hydroxylation is 1. The molecule has 1 amide bonds. The molecule has 5 heteroatoms. The Morgan fingerprint density at radius 1 is 1.47 bits per heavy atom. The highest BCUT2D eigenvalue weighted by Crippen LogP contribution is 2.14. The molecule has 0 aliphatic heterocycles. The third-order valence-corrected chi connectivity index (χ3v) is 3.04. The summed E-state index contributed by atoms with van der Waals surface area (Å²) in [5.74, 6) is -0.824. The van der Waals surface area contributed by atoms with Crippen molar-refractivity contribution in [1.82, 2.24) is 4.90 Å². The second-order valence-corrected chi connectivity index (χ2v) is 5.32. The SMILES string of the molecule is Cc1ccc(C(=O)N(CCC(N)=S)C(C)C)c(F)c1. The van der Waals surface area contributed by atoms with E-state index in [1.54, 1.807) is 17.9 Å². The summed E-state index contributed by atoms with van der Waals surface area (Å²) in [6.45, 7) is 5.94. The van der Waals surface area contributed by atoms with Crippen LogP contribution in [0.25, 0.3) is 0 Å². The Bertz CT molecular complexity index is 488. The molecule has 1 rings (SSSR count). The van der Waals surface area contributed by atoms with Gasteiger partial charge in [-0.25, -0.2) is 4.39 Å². The van der Waals surface area contributed by atoms with Crippen molar-refractivity contribution in [3.8, 4) is 0 Å². The second-order valence-electron chi connectivity index (χ2n) is 4.79. The molecule has 0 aromatic heterocycles. The largest absolute Gasteiger partial charge is 0.393 e. The molecule has 0 fully saturated rings. The summed E-state index contributed by atoms with van der Waals surface area (Å²) in [5, 5.41) is 0. The molecule has 0 radical (unpaired) electrons. The number of hydrogen-bond acceptors (Lipinski definition) is 2. The van der Waals surface area contributed by atoms with E-state index in [0.717, 1.165) is 5.56 Å². The molecule has 0 aliphatic rings. The molecule has 19 heavy (non-hydrogen) atoms. The zero-order valence-corrected chi connectivity index (χ0v) is 12.3. The summed E-state index contributed by atoms with van der Waals surface area (Å²) in [6.07, 6.45) is 0.437. The summed E-state index contributed by atoms with van der Waals surface area (Å²) >= 11 is 4.81. The van der Waals surface area contributed by atoms with Crippen LogP contribution in [-0.4, -0.2) is 28.4 Å². The molecule has 1 aromatic rings. The van der Waals surface area contributed by atoms with Gasteiger partial charge >= 0.3 is 0 Å². The van der Waals surface area contributed by atoms with Gasteiger partial charge in [-0.3, -0.25) is 4.79 Å². The van der Waals surface area contributed by atoms with Crippen molar-refractivity contribution in [3.05, 3.63) is 35.1 Å². The minimum absolute atomic E-state index is 0.0393. The first-order valence-corrected chi connectivity index (χ1v) is 6.59. The number of carbonyl (C=O) groups excluding carboxylic acids is 1. The van der Waals surface area contributed by atoms with Crippen LogP contribution in [0.15, 0.2) is 18.2 Å². The molecule has 0 saturated carbocycles. The number of halogens is 1. The summed E-state index contributed by atoms with van der Waals surface area (Å²) in [5.41, 5.74) is 6.32.